The van der Waals surface area contributed by atoms with Crippen LogP contribution in [0.25, 0.3) is 11.3 Å². The number of benzene rings is 1. The molecule has 0 aliphatic heterocycles. The van der Waals surface area contributed by atoms with E-state index in [4.69, 9.17) is 15.2 Å². The molecule has 0 unspecified atom stereocenters. The first-order chi connectivity index (χ1) is 9.62. The highest BCUT2D eigenvalue weighted by molar-refractivity contribution is 5.77. The first-order valence-electron chi connectivity index (χ1n) is 6.67. The molecule has 1 aromatic carbocycles. The summed E-state index contributed by atoms with van der Waals surface area (Å²) in [6, 6.07) is 5.61. The van der Waals surface area contributed by atoms with Crippen molar-refractivity contribution in [2.75, 3.05) is 20.0 Å². The van der Waals surface area contributed by atoms with Crippen LogP contribution in [0.5, 0.6) is 11.5 Å². The van der Waals surface area contributed by atoms with Crippen LogP contribution in [0.2, 0.25) is 0 Å². The summed E-state index contributed by atoms with van der Waals surface area (Å²) in [4.78, 5) is 4.59. The minimum atomic E-state index is 0.663. The molecule has 0 bridgehead atoms. The number of aromatic nitrogens is 2. The lowest BCUT2D eigenvalue weighted by Gasteiger charge is -2.10. The molecular formula is C15H21N3O2. The summed E-state index contributed by atoms with van der Waals surface area (Å²) in [6.07, 6.45) is 1.01. The molecule has 0 saturated heterocycles. The molecule has 2 aromatic rings. The van der Waals surface area contributed by atoms with Gasteiger partial charge in [0.25, 0.3) is 0 Å². The molecule has 108 valence electrons. The van der Waals surface area contributed by atoms with Crippen molar-refractivity contribution in [1.82, 2.24) is 9.55 Å². The zero-order valence-electron chi connectivity index (χ0n) is 12.4. The fraction of sp³-hybridized carbons (Fsp3) is 0.400. The van der Waals surface area contributed by atoms with Gasteiger partial charge in [0.05, 0.1) is 14.2 Å². The molecule has 0 atom stereocenters. The van der Waals surface area contributed by atoms with Crippen molar-refractivity contribution in [3.63, 3.8) is 0 Å². The fourth-order valence-electron chi connectivity index (χ4n) is 2.28. The average Bonchev–Trinajstić information content (AvgIpc) is 2.75. The van der Waals surface area contributed by atoms with Gasteiger partial charge in [-0.3, -0.25) is 0 Å². The normalized spacial score (nSPS) is 10.6. The molecule has 2 rings (SSSR count). The third-order valence-electron chi connectivity index (χ3n) is 3.31. The van der Waals surface area contributed by atoms with E-state index in [-0.39, 0.29) is 0 Å². The van der Waals surface area contributed by atoms with Gasteiger partial charge >= 0.3 is 0 Å². The number of ether oxygens (including phenoxy) is 2. The van der Waals surface area contributed by atoms with Crippen molar-refractivity contribution in [1.29, 1.82) is 0 Å². The Morgan fingerprint density at radius 1 is 1.25 bits per heavy atom. The van der Waals surface area contributed by atoms with Gasteiger partial charge in [0.15, 0.2) is 0 Å². The lowest BCUT2D eigenvalue weighted by molar-refractivity contribution is 0.404. The lowest BCUT2D eigenvalue weighted by atomic mass is 10.1. The molecule has 0 aliphatic rings. The Kier molecular flexibility index (Phi) is 4.17. The second kappa shape index (κ2) is 5.86. The Balaban J connectivity index is 2.58. The highest BCUT2D eigenvalue weighted by atomic mass is 16.5. The molecular weight excluding hydrogens is 254 g/mol. The van der Waals surface area contributed by atoms with Gasteiger partial charge in [0.2, 0.25) is 0 Å². The third-order valence-corrected chi connectivity index (χ3v) is 3.31. The Labute approximate surface area is 119 Å². The van der Waals surface area contributed by atoms with Gasteiger partial charge in [-0.15, -0.1) is 0 Å². The second-order valence-corrected chi connectivity index (χ2v) is 4.61. The zero-order chi connectivity index (χ0) is 14.7. The maximum absolute atomic E-state index is 6.24. The summed E-state index contributed by atoms with van der Waals surface area (Å²) >= 11 is 0. The van der Waals surface area contributed by atoms with Gasteiger partial charge in [-0.2, -0.15) is 0 Å². The Morgan fingerprint density at radius 3 is 2.60 bits per heavy atom. The van der Waals surface area contributed by atoms with E-state index in [1.807, 2.05) is 29.7 Å². The predicted octanol–water partition coefficient (Wildman–Crippen LogP) is 2.87. The van der Waals surface area contributed by atoms with Gasteiger partial charge in [0.1, 0.15) is 28.8 Å². The Bertz CT molecular complexity index is 605. The average molecular weight is 275 g/mol. The number of nitrogens with two attached hydrogens (primary N) is 1. The summed E-state index contributed by atoms with van der Waals surface area (Å²) in [5.41, 5.74) is 7.83. The number of nitrogens with zero attached hydrogens (tertiary/aromatic N) is 2. The first kappa shape index (κ1) is 14.2. The van der Waals surface area contributed by atoms with Crippen molar-refractivity contribution < 1.29 is 9.47 Å². The maximum atomic E-state index is 6.24. The summed E-state index contributed by atoms with van der Waals surface area (Å²) in [6.45, 7) is 4.93. The number of methoxy groups -OCH3 is 2. The second-order valence-electron chi connectivity index (χ2n) is 4.61. The minimum Gasteiger partial charge on any atom is -0.497 e. The number of hydrogen-bond acceptors (Lipinski definition) is 4. The minimum absolute atomic E-state index is 0.663. The molecule has 0 amide bonds. The highest BCUT2D eigenvalue weighted by Gasteiger charge is 2.17. The van der Waals surface area contributed by atoms with Crippen molar-refractivity contribution in [3.05, 3.63) is 24.0 Å². The first-order valence-corrected chi connectivity index (χ1v) is 6.67. The summed E-state index contributed by atoms with van der Waals surface area (Å²) in [5, 5.41) is 0. The molecule has 0 radical (unpaired) electrons. The fourth-order valence-corrected chi connectivity index (χ4v) is 2.28. The Morgan fingerprint density at radius 2 is 2.00 bits per heavy atom. The van der Waals surface area contributed by atoms with Crippen LogP contribution >= 0.6 is 0 Å². The van der Waals surface area contributed by atoms with Crippen LogP contribution in [-0.2, 0) is 6.54 Å². The van der Waals surface area contributed by atoms with E-state index < -0.39 is 0 Å². The van der Waals surface area contributed by atoms with E-state index in [1.54, 1.807) is 14.2 Å². The molecule has 1 aromatic heterocycles. The molecule has 0 spiro atoms. The maximum Gasteiger partial charge on any atom is 0.131 e. The SMILES string of the molecule is CCCn1c(C)nc(-c2cc(OC)ccc2OC)c1N. The molecule has 1 heterocycles. The quantitative estimate of drug-likeness (QED) is 0.911. The number of aryl methyl sites for hydroxylation is 1. The van der Waals surface area contributed by atoms with Crippen molar-refractivity contribution in [2.24, 2.45) is 0 Å². The van der Waals surface area contributed by atoms with E-state index in [2.05, 4.69) is 11.9 Å². The van der Waals surface area contributed by atoms with Crippen LogP contribution in [0, 0.1) is 6.92 Å². The topological polar surface area (TPSA) is 62.3 Å². The number of hydrogen-bond donors (Lipinski definition) is 1. The standard InChI is InChI=1S/C15H21N3O2/c1-5-8-18-10(2)17-14(15(18)16)12-9-11(19-3)6-7-13(12)20-4/h6-7,9H,5,8,16H2,1-4H3. The summed E-state index contributed by atoms with van der Waals surface area (Å²) in [5.74, 6) is 3.06. The number of nitrogen functional groups attached to an aromatic ring is 1. The molecule has 20 heavy (non-hydrogen) atoms. The van der Waals surface area contributed by atoms with E-state index in [0.29, 0.717) is 5.82 Å². The number of imidazole rings is 1. The molecule has 5 heteroatoms. The Hall–Kier alpha value is -2.17. The molecule has 0 fully saturated rings. The molecule has 2 N–H and O–H groups in total. The van der Waals surface area contributed by atoms with Crippen molar-refractivity contribution in [2.45, 2.75) is 26.8 Å². The number of rotatable bonds is 5. The highest BCUT2D eigenvalue weighted by Crippen LogP contribution is 2.36. The van der Waals surface area contributed by atoms with E-state index >= 15 is 0 Å². The van der Waals surface area contributed by atoms with Gasteiger partial charge in [-0.05, 0) is 31.5 Å². The molecule has 0 saturated carbocycles. The van der Waals surface area contributed by atoms with Crippen LogP contribution in [0.15, 0.2) is 18.2 Å². The largest absolute Gasteiger partial charge is 0.497 e. The number of anilines is 1. The molecule has 5 nitrogen and oxygen atoms in total. The van der Waals surface area contributed by atoms with Gasteiger partial charge in [-0.1, -0.05) is 6.92 Å². The van der Waals surface area contributed by atoms with Crippen LogP contribution in [0.4, 0.5) is 5.82 Å². The monoisotopic (exact) mass is 275 g/mol. The van der Waals surface area contributed by atoms with Gasteiger partial charge in [-0.25, -0.2) is 4.98 Å². The van der Waals surface area contributed by atoms with E-state index in [9.17, 15) is 0 Å². The summed E-state index contributed by atoms with van der Waals surface area (Å²) in [7, 11) is 3.27. The molecule has 0 aliphatic carbocycles. The zero-order valence-corrected chi connectivity index (χ0v) is 12.4. The van der Waals surface area contributed by atoms with E-state index in [1.165, 1.54) is 0 Å². The summed E-state index contributed by atoms with van der Waals surface area (Å²) < 4.78 is 12.7. The van der Waals surface area contributed by atoms with Crippen LogP contribution in [0.1, 0.15) is 19.2 Å². The van der Waals surface area contributed by atoms with Gasteiger partial charge < -0.3 is 19.8 Å². The third kappa shape index (κ3) is 2.43. The van der Waals surface area contributed by atoms with Crippen LogP contribution in [0.3, 0.4) is 0 Å². The van der Waals surface area contributed by atoms with Crippen LogP contribution < -0.4 is 15.2 Å². The smallest absolute Gasteiger partial charge is 0.131 e. The van der Waals surface area contributed by atoms with E-state index in [0.717, 1.165) is 41.5 Å². The predicted molar refractivity (Wildman–Crippen MR) is 80.2 cm³/mol. The van der Waals surface area contributed by atoms with Crippen molar-refractivity contribution >= 4 is 5.82 Å². The van der Waals surface area contributed by atoms with Gasteiger partial charge in [0, 0.05) is 12.1 Å². The van der Waals surface area contributed by atoms with Crippen molar-refractivity contribution in [3.8, 4) is 22.8 Å². The van der Waals surface area contributed by atoms with Crippen LogP contribution in [-0.4, -0.2) is 23.8 Å². The lowest BCUT2D eigenvalue weighted by Crippen LogP contribution is -2.04.